The topological polar surface area (TPSA) is 46.5 Å². The molecule has 0 aliphatic heterocycles. The van der Waals surface area contributed by atoms with Gasteiger partial charge in [0.2, 0.25) is 0 Å². The average molecular weight is 345 g/mol. The van der Waals surface area contributed by atoms with Crippen molar-refractivity contribution in [1.29, 1.82) is 0 Å². The molecule has 0 aliphatic carbocycles. The molecule has 138 valence electrons. The smallest absolute Gasteiger partial charge is 0.303 e. The van der Waals surface area contributed by atoms with Gasteiger partial charge in [0, 0.05) is 13.0 Å². The van der Waals surface area contributed by atoms with Gasteiger partial charge in [-0.05, 0) is 32.5 Å². The molecule has 0 aliphatic rings. The van der Waals surface area contributed by atoms with Gasteiger partial charge in [0.05, 0.1) is 0 Å². The van der Waals surface area contributed by atoms with E-state index in [4.69, 9.17) is 9.53 Å². The second-order valence-electron chi connectivity index (χ2n) is 7.70. The summed E-state index contributed by atoms with van der Waals surface area (Å²) < 4.78 is 5.86. The molecular formula is C19H40O3Si. The van der Waals surface area contributed by atoms with Gasteiger partial charge in [0.25, 0.3) is 0 Å². The Morgan fingerprint density at radius 3 is 1.39 bits per heavy atom. The van der Waals surface area contributed by atoms with E-state index in [1.807, 2.05) is 0 Å². The lowest BCUT2D eigenvalue weighted by Gasteiger charge is -2.16. The zero-order valence-corrected chi connectivity index (χ0v) is 16.9. The monoisotopic (exact) mass is 344 g/mol. The molecule has 0 saturated carbocycles. The maximum atomic E-state index is 10.4. The molecule has 0 heterocycles. The minimum Gasteiger partial charge on any atom is -0.481 e. The molecule has 0 fully saturated rings. The number of hydrogen-bond donors (Lipinski definition) is 1. The van der Waals surface area contributed by atoms with Gasteiger partial charge in [0.1, 0.15) is 0 Å². The molecule has 4 heteroatoms. The van der Waals surface area contributed by atoms with Crippen LogP contribution in [0.3, 0.4) is 0 Å². The van der Waals surface area contributed by atoms with Gasteiger partial charge >= 0.3 is 5.97 Å². The number of rotatable bonds is 17. The van der Waals surface area contributed by atoms with E-state index < -0.39 is 14.3 Å². The van der Waals surface area contributed by atoms with Crippen molar-refractivity contribution in [3.63, 3.8) is 0 Å². The van der Waals surface area contributed by atoms with Crippen LogP contribution in [0, 0.1) is 0 Å². The molecule has 0 unspecified atom stereocenters. The highest BCUT2D eigenvalue weighted by atomic mass is 28.4. The summed E-state index contributed by atoms with van der Waals surface area (Å²) in [7, 11) is -1.29. The third kappa shape index (κ3) is 21.6. The fraction of sp³-hybridized carbons (Fsp3) is 0.947. The van der Waals surface area contributed by atoms with Crippen LogP contribution < -0.4 is 0 Å². The van der Waals surface area contributed by atoms with Crippen LogP contribution in [0.1, 0.15) is 89.9 Å². The highest BCUT2D eigenvalue weighted by Crippen LogP contribution is 2.13. The van der Waals surface area contributed by atoms with Crippen LogP contribution in [-0.2, 0) is 9.22 Å². The van der Waals surface area contributed by atoms with E-state index >= 15 is 0 Å². The van der Waals surface area contributed by atoms with Gasteiger partial charge in [-0.25, -0.2) is 0 Å². The van der Waals surface area contributed by atoms with Crippen molar-refractivity contribution >= 4 is 14.3 Å². The zero-order chi connectivity index (χ0) is 17.4. The molecule has 0 spiro atoms. The molecule has 0 radical (unpaired) electrons. The number of aliphatic carboxylic acids is 1. The SMILES string of the molecule is C[Si](C)(C)OCCCCCCCCCCCCCCCC(=O)O. The third-order valence-electron chi connectivity index (χ3n) is 4.07. The van der Waals surface area contributed by atoms with Crippen LogP contribution >= 0.6 is 0 Å². The van der Waals surface area contributed by atoms with Crippen LogP contribution in [0.25, 0.3) is 0 Å². The Kier molecular flexibility index (Phi) is 15.0. The average Bonchev–Trinajstić information content (AvgIpc) is 2.45. The molecule has 1 N–H and O–H groups in total. The first kappa shape index (κ1) is 22.6. The summed E-state index contributed by atoms with van der Waals surface area (Å²) in [6.45, 7) is 7.72. The Labute approximate surface area is 145 Å². The molecule has 0 bridgehead atoms. The van der Waals surface area contributed by atoms with Crippen LogP contribution in [0.15, 0.2) is 0 Å². The zero-order valence-electron chi connectivity index (χ0n) is 15.9. The van der Waals surface area contributed by atoms with E-state index in [2.05, 4.69) is 19.6 Å². The molecule has 23 heavy (non-hydrogen) atoms. The van der Waals surface area contributed by atoms with Gasteiger partial charge < -0.3 is 9.53 Å². The van der Waals surface area contributed by atoms with E-state index in [1.165, 1.54) is 70.6 Å². The fourth-order valence-corrected chi connectivity index (χ4v) is 3.46. The summed E-state index contributed by atoms with van der Waals surface area (Å²) >= 11 is 0. The second-order valence-corrected chi connectivity index (χ2v) is 12.2. The molecule has 0 amide bonds. The Bertz CT molecular complexity index is 274. The Balaban J connectivity index is 3.04. The lowest BCUT2D eigenvalue weighted by Crippen LogP contribution is -2.25. The molecule has 0 saturated heterocycles. The lowest BCUT2D eigenvalue weighted by atomic mass is 10.0. The maximum Gasteiger partial charge on any atom is 0.303 e. The summed E-state index contributed by atoms with van der Waals surface area (Å²) in [5, 5.41) is 8.54. The first-order valence-electron chi connectivity index (χ1n) is 9.77. The van der Waals surface area contributed by atoms with Crippen molar-refractivity contribution < 1.29 is 14.3 Å². The van der Waals surface area contributed by atoms with Crippen molar-refractivity contribution in [2.45, 2.75) is 110 Å². The molecule has 3 nitrogen and oxygen atoms in total. The molecule has 0 rings (SSSR count). The number of carboxylic acid groups (broad SMARTS) is 1. The number of hydrogen-bond acceptors (Lipinski definition) is 2. The first-order valence-corrected chi connectivity index (χ1v) is 13.2. The summed E-state index contributed by atoms with van der Waals surface area (Å²) in [5.74, 6) is -0.659. The molecule has 0 aromatic heterocycles. The normalized spacial score (nSPS) is 11.8. The van der Waals surface area contributed by atoms with E-state index in [1.54, 1.807) is 0 Å². The van der Waals surface area contributed by atoms with E-state index in [9.17, 15) is 4.79 Å². The Hall–Kier alpha value is -0.353. The highest BCUT2D eigenvalue weighted by Gasteiger charge is 2.12. The van der Waals surface area contributed by atoms with Gasteiger partial charge in [-0.2, -0.15) is 0 Å². The summed E-state index contributed by atoms with van der Waals surface area (Å²) in [6.07, 6.45) is 16.8. The summed E-state index contributed by atoms with van der Waals surface area (Å²) in [6, 6.07) is 0. The fourth-order valence-electron chi connectivity index (χ4n) is 2.70. The highest BCUT2D eigenvalue weighted by molar-refractivity contribution is 6.69. The van der Waals surface area contributed by atoms with E-state index in [0.717, 1.165) is 19.4 Å². The van der Waals surface area contributed by atoms with Crippen LogP contribution in [0.5, 0.6) is 0 Å². The van der Waals surface area contributed by atoms with Gasteiger partial charge in [-0.3, -0.25) is 4.79 Å². The third-order valence-corrected chi connectivity index (χ3v) is 5.14. The maximum absolute atomic E-state index is 10.4. The molecular weight excluding hydrogens is 304 g/mol. The largest absolute Gasteiger partial charge is 0.481 e. The number of carboxylic acids is 1. The minimum absolute atomic E-state index is 0.338. The summed E-state index contributed by atoms with van der Waals surface area (Å²) in [5.41, 5.74) is 0. The Morgan fingerprint density at radius 2 is 1.04 bits per heavy atom. The van der Waals surface area contributed by atoms with Crippen LogP contribution in [0.2, 0.25) is 19.6 Å². The van der Waals surface area contributed by atoms with Gasteiger partial charge in [-0.15, -0.1) is 0 Å². The van der Waals surface area contributed by atoms with Gasteiger partial charge in [0.15, 0.2) is 8.32 Å². The van der Waals surface area contributed by atoms with Crippen LogP contribution in [0.4, 0.5) is 0 Å². The first-order chi connectivity index (χ1) is 10.9. The van der Waals surface area contributed by atoms with Gasteiger partial charge in [-0.1, -0.05) is 70.6 Å². The predicted octanol–water partition coefficient (Wildman–Crippen LogP) is 6.38. The number of unbranched alkanes of at least 4 members (excludes halogenated alkanes) is 12. The predicted molar refractivity (Wildman–Crippen MR) is 102 cm³/mol. The summed E-state index contributed by atoms with van der Waals surface area (Å²) in [4.78, 5) is 10.4. The van der Waals surface area contributed by atoms with E-state index in [-0.39, 0.29) is 0 Å². The van der Waals surface area contributed by atoms with Crippen molar-refractivity contribution in [1.82, 2.24) is 0 Å². The van der Waals surface area contributed by atoms with E-state index in [0.29, 0.717) is 6.42 Å². The quantitative estimate of drug-likeness (QED) is 0.246. The molecule has 0 atom stereocenters. The van der Waals surface area contributed by atoms with Crippen molar-refractivity contribution in [2.24, 2.45) is 0 Å². The lowest BCUT2D eigenvalue weighted by molar-refractivity contribution is -0.137. The standard InChI is InChI=1S/C19H40O3Si/c1-23(2,3)22-18-16-14-12-10-8-6-4-5-7-9-11-13-15-17-19(20)21/h4-18H2,1-3H3,(H,20,21). The minimum atomic E-state index is -1.29. The molecule has 0 aromatic carbocycles. The van der Waals surface area contributed by atoms with Crippen molar-refractivity contribution in [3.8, 4) is 0 Å². The van der Waals surface area contributed by atoms with Crippen molar-refractivity contribution in [3.05, 3.63) is 0 Å². The molecule has 0 aromatic rings. The van der Waals surface area contributed by atoms with Crippen molar-refractivity contribution in [2.75, 3.05) is 6.61 Å². The Morgan fingerprint density at radius 1 is 0.696 bits per heavy atom. The number of carbonyl (C=O) groups is 1. The van der Waals surface area contributed by atoms with Crippen LogP contribution in [-0.4, -0.2) is 26.0 Å². The second kappa shape index (κ2) is 15.2.